The Balaban J connectivity index is 1.59. The number of hydrogen-bond acceptors (Lipinski definition) is 2. The molecule has 124 valence electrons. The summed E-state index contributed by atoms with van der Waals surface area (Å²) in [7, 11) is 0. The Kier molecular flexibility index (Phi) is 3.36. The third kappa shape index (κ3) is 2.28. The van der Waals surface area contributed by atoms with Crippen molar-refractivity contribution in [2.24, 2.45) is 11.3 Å². The average Bonchev–Trinajstić information content (AvgIpc) is 3.23. The molecule has 3 nitrogen and oxygen atoms in total. The van der Waals surface area contributed by atoms with Crippen molar-refractivity contribution in [2.45, 2.75) is 26.2 Å². The number of halogens is 2. The fourth-order valence-corrected chi connectivity index (χ4v) is 4.01. The van der Waals surface area contributed by atoms with Crippen LogP contribution in [0.15, 0.2) is 30.3 Å². The Morgan fingerprint density at radius 2 is 2.17 bits per heavy atom. The molecule has 4 rings (SSSR count). The van der Waals surface area contributed by atoms with Crippen LogP contribution < -0.4 is 11.1 Å². The van der Waals surface area contributed by atoms with Crippen LogP contribution in [0, 0.1) is 24.1 Å². The lowest BCUT2D eigenvalue weighted by atomic mass is 9.86. The molecule has 1 heterocycles. The van der Waals surface area contributed by atoms with E-state index < -0.39 is 11.2 Å². The minimum atomic E-state index is -0.467. The summed E-state index contributed by atoms with van der Waals surface area (Å²) in [5, 5.41) is 2.98. The quantitative estimate of drug-likeness (QED) is 0.805. The van der Waals surface area contributed by atoms with Crippen LogP contribution in [0.3, 0.4) is 0 Å². The van der Waals surface area contributed by atoms with Gasteiger partial charge in [0.25, 0.3) is 0 Å². The monoisotopic (exact) mass is 344 g/mol. The zero-order valence-electron chi connectivity index (χ0n) is 13.3. The first-order valence-corrected chi connectivity index (χ1v) is 8.42. The van der Waals surface area contributed by atoms with Crippen molar-refractivity contribution in [3.8, 4) is 0 Å². The van der Waals surface area contributed by atoms with Crippen LogP contribution in [0.5, 0.6) is 0 Å². The van der Waals surface area contributed by atoms with Gasteiger partial charge in [-0.25, -0.2) is 4.39 Å². The molecule has 1 saturated carbocycles. The maximum Gasteiger partial charge on any atom is 0.231 e. The third-order valence-corrected chi connectivity index (χ3v) is 5.74. The Morgan fingerprint density at radius 3 is 2.96 bits per heavy atom. The fourth-order valence-electron chi connectivity index (χ4n) is 3.83. The molecule has 24 heavy (non-hydrogen) atoms. The molecule has 0 saturated heterocycles. The van der Waals surface area contributed by atoms with Crippen LogP contribution in [-0.2, 0) is 17.6 Å². The van der Waals surface area contributed by atoms with E-state index in [0.29, 0.717) is 18.4 Å². The van der Waals surface area contributed by atoms with Gasteiger partial charge in [0.1, 0.15) is 5.82 Å². The van der Waals surface area contributed by atoms with E-state index in [2.05, 4.69) is 11.4 Å². The van der Waals surface area contributed by atoms with E-state index in [0.717, 1.165) is 17.7 Å². The van der Waals surface area contributed by atoms with Crippen LogP contribution in [0.1, 0.15) is 23.1 Å². The molecule has 0 bridgehead atoms. The minimum Gasteiger partial charge on any atom is -0.397 e. The number of benzene rings is 2. The summed E-state index contributed by atoms with van der Waals surface area (Å²) in [6.07, 6.45) is 1.99. The zero-order valence-corrected chi connectivity index (χ0v) is 14.1. The van der Waals surface area contributed by atoms with Crippen LogP contribution in [0.4, 0.5) is 15.8 Å². The normalized spacial score (nSPS) is 24.6. The van der Waals surface area contributed by atoms with Crippen LogP contribution >= 0.6 is 11.6 Å². The van der Waals surface area contributed by atoms with E-state index in [-0.39, 0.29) is 22.5 Å². The van der Waals surface area contributed by atoms with Gasteiger partial charge in [-0.1, -0.05) is 35.4 Å². The summed E-state index contributed by atoms with van der Waals surface area (Å²) in [6, 6.07) is 9.35. The van der Waals surface area contributed by atoms with Crippen LogP contribution in [-0.4, -0.2) is 5.91 Å². The maximum absolute atomic E-state index is 14.3. The Labute approximate surface area is 145 Å². The number of amides is 1. The van der Waals surface area contributed by atoms with Crippen LogP contribution in [0.2, 0.25) is 5.02 Å². The first kappa shape index (κ1) is 15.5. The van der Waals surface area contributed by atoms with Gasteiger partial charge in [-0.15, -0.1) is 0 Å². The van der Waals surface area contributed by atoms with Gasteiger partial charge in [-0.2, -0.15) is 0 Å². The SMILES string of the molecule is Cc1ccc2c(c1)CC1(CC1Cc1ccc(N)c(Cl)c1F)C(=O)N2. The molecule has 2 atom stereocenters. The molecule has 0 aromatic heterocycles. The number of carbonyl (C=O) groups is 1. The second kappa shape index (κ2) is 5.21. The molecular formula is C19H18ClFN2O. The predicted octanol–water partition coefficient (Wildman–Crippen LogP) is 4.11. The summed E-state index contributed by atoms with van der Waals surface area (Å²) in [4.78, 5) is 12.6. The number of carbonyl (C=O) groups excluding carboxylic acids is 1. The number of aryl methyl sites for hydroxylation is 1. The van der Waals surface area contributed by atoms with Crippen LogP contribution in [0.25, 0.3) is 0 Å². The number of hydrogen-bond donors (Lipinski definition) is 2. The van der Waals surface area contributed by atoms with Crippen molar-refractivity contribution in [2.75, 3.05) is 11.1 Å². The fraction of sp³-hybridized carbons (Fsp3) is 0.316. The van der Waals surface area contributed by atoms with Gasteiger partial charge in [-0.3, -0.25) is 4.79 Å². The molecule has 5 heteroatoms. The first-order chi connectivity index (χ1) is 11.4. The number of nitrogens with one attached hydrogen (secondary N) is 1. The van der Waals surface area contributed by atoms with Crippen molar-refractivity contribution >= 4 is 28.9 Å². The second-order valence-electron chi connectivity index (χ2n) is 6.99. The van der Waals surface area contributed by atoms with Gasteiger partial charge in [-0.05, 0) is 55.4 Å². The summed E-state index contributed by atoms with van der Waals surface area (Å²) in [5.41, 5.74) is 9.20. The first-order valence-electron chi connectivity index (χ1n) is 8.04. The second-order valence-corrected chi connectivity index (χ2v) is 7.37. The zero-order chi connectivity index (χ0) is 17.1. The number of rotatable bonds is 2. The highest BCUT2D eigenvalue weighted by Gasteiger charge is 2.60. The molecule has 2 aliphatic rings. The average molecular weight is 345 g/mol. The number of nitrogens with two attached hydrogens (primary N) is 1. The smallest absolute Gasteiger partial charge is 0.231 e. The predicted molar refractivity (Wildman–Crippen MR) is 93.6 cm³/mol. The highest BCUT2D eigenvalue weighted by Crippen LogP contribution is 2.59. The lowest BCUT2D eigenvalue weighted by Crippen LogP contribution is -2.33. The molecule has 1 amide bonds. The summed E-state index contributed by atoms with van der Waals surface area (Å²) in [5.74, 6) is -0.294. The maximum atomic E-state index is 14.3. The highest BCUT2D eigenvalue weighted by molar-refractivity contribution is 6.33. The molecule has 1 fully saturated rings. The molecule has 3 N–H and O–H groups in total. The Morgan fingerprint density at radius 1 is 1.38 bits per heavy atom. The molecule has 1 spiro atoms. The Hall–Kier alpha value is -2.07. The number of anilines is 2. The minimum absolute atomic E-state index is 0.0312. The van der Waals surface area contributed by atoms with Gasteiger partial charge in [0.15, 0.2) is 0 Å². The summed E-state index contributed by atoms with van der Waals surface area (Å²) < 4.78 is 14.3. The Bertz CT molecular complexity index is 867. The van der Waals surface area contributed by atoms with Gasteiger partial charge in [0, 0.05) is 5.69 Å². The molecule has 2 aromatic rings. The van der Waals surface area contributed by atoms with Crippen molar-refractivity contribution in [3.63, 3.8) is 0 Å². The van der Waals surface area contributed by atoms with E-state index in [9.17, 15) is 9.18 Å². The van der Waals surface area contributed by atoms with Gasteiger partial charge in [0.05, 0.1) is 16.1 Å². The molecule has 1 aliphatic heterocycles. The number of nitrogen functional groups attached to an aromatic ring is 1. The van der Waals surface area contributed by atoms with E-state index >= 15 is 0 Å². The van der Waals surface area contributed by atoms with E-state index in [1.54, 1.807) is 12.1 Å². The summed E-state index contributed by atoms with van der Waals surface area (Å²) >= 11 is 5.90. The van der Waals surface area contributed by atoms with E-state index in [4.69, 9.17) is 17.3 Å². The largest absolute Gasteiger partial charge is 0.397 e. The summed E-state index contributed by atoms with van der Waals surface area (Å²) in [6.45, 7) is 2.04. The lowest BCUT2D eigenvalue weighted by Gasteiger charge is -2.26. The topological polar surface area (TPSA) is 55.1 Å². The molecule has 1 aliphatic carbocycles. The van der Waals surface area contributed by atoms with Crippen molar-refractivity contribution in [1.29, 1.82) is 0 Å². The highest BCUT2D eigenvalue weighted by atomic mass is 35.5. The molecule has 2 unspecified atom stereocenters. The van der Waals surface area contributed by atoms with E-state index in [1.165, 1.54) is 5.56 Å². The molecule has 0 radical (unpaired) electrons. The van der Waals surface area contributed by atoms with Gasteiger partial charge >= 0.3 is 0 Å². The van der Waals surface area contributed by atoms with Crippen molar-refractivity contribution in [1.82, 2.24) is 0 Å². The lowest BCUT2D eigenvalue weighted by molar-refractivity contribution is -0.122. The van der Waals surface area contributed by atoms with Crippen molar-refractivity contribution < 1.29 is 9.18 Å². The van der Waals surface area contributed by atoms with Gasteiger partial charge in [0.2, 0.25) is 5.91 Å². The van der Waals surface area contributed by atoms with Gasteiger partial charge < -0.3 is 11.1 Å². The third-order valence-electron chi connectivity index (χ3n) is 5.36. The van der Waals surface area contributed by atoms with E-state index in [1.807, 2.05) is 19.1 Å². The molecular weight excluding hydrogens is 327 g/mol. The van der Waals surface area contributed by atoms with Crippen molar-refractivity contribution in [3.05, 3.63) is 57.9 Å². The molecule has 2 aromatic carbocycles. The standard InChI is InChI=1S/C19H18ClFN2O/c1-10-2-5-15-12(6-10)8-19(18(24)23-15)9-13(19)7-11-3-4-14(22)16(20)17(11)21/h2-6,13H,7-9,22H2,1H3,(H,23,24). The number of fused-ring (bicyclic) bond motifs is 1.